The van der Waals surface area contributed by atoms with Crippen molar-refractivity contribution in [3.63, 3.8) is 0 Å². The Bertz CT molecular complexity index is 1190. The molecule has 1 aromatic heterocycles. The Balaban J connectivity index is 1.55. The molecule has 0 spiro atoms. The van der Waals surface area contributed by atoms with Crippen LogP contribution >= 0.6 is 12.2 Å². The van der Waals surface area contributed by atoms with Crippen LogP contribution in [0.5, 0.6) is 11.5 Å². The molecule has 2 aromatic carbocycles. The minimum Gasteiger partial charge on any atom is -0.454 e. The number of H-pyrrole nitrogens is 1. The summed E-state index contributed by atoms with van der Waals surface area (Å²) in [4.78, 5) is 17.9. The van der Waals surface area contributed by atoms with Gasteiger partial charge in [-0.25, -0.2) is 0 Å². The molecule has 0 amide bonds. The van der Waals surface area contributed by atoms with Gasteiger partial charge in [-0.2, -0.15) is 0 Å². The molecule has 174 valence electrons. The van der Waals surface area contributed by atoms with E-state index in [-0.39, 0.29) is 12.4 Å². The SMILES string of the molecule is COCCCNC(=S)N(CCc1ccccc1C)Cc1cc2cc3c(cc2[nH]c1=O)OCO3. The minimum atomic E-state index is -0.135. The highest BCUT2D eigenvalue weighted by Gasteiger charge is 2.17. The van der Waals surface area contributed by atoms with Gasteiger partial charge >= 0.3 is 0 Å². The van der Waals surface area contributed by atoms with Crippen molar-refractivity contribution in [3.05, 3.63) is 69.5 Å². The van der Waals surface area contributed by atoms with E-state index in [0.717, 1.165) is 23.7 Å². The van der Waals surface area contributed by atoms with Gasteiger partial charge in [-0.15, -0.1) is 0 Å². The van der Waals surface area contributed by atoms with Gasteiger partial charge in [0.2, 0.25) is 6.79 Å². The van der Waals surface area contributed by atoms with Crippen molar-refractivity contribution in [2.24, 2.45) is 0 Å². The van der Waals surface area contributed by atoms with Gasteiger partial charge in [0.25, 0.3) is 5.56 Å². The number of methoxy groups -OCH3 is 1. The third-order valence-corrected chi connectivity index (χ3v) is 6.18. The number of pyridine rings is 1. The predicted octanol–water partition coefficient (Wildman–Crippen LogP) is 3.52. The van der Waals surface area contributed by atoms with Crippen LogP contribution in [-0.2, 0) is 17.7 Å². The molecule has 2 heterocycles. The van der Waals surface area contributed by atoms with Crippen LogP contribution in [0.1, 0.15) is 23.1 Å². The lowest BCUT2D eigenvalue weighted by molar-refractivity contribution is 0.174. The van der Waals surface area contributed by atoms with Gasteiger partial charge in [0.1, 0.15) is 0 Å². The van der Waals surface area contributed by atoms with E-state index in [1.807, 2.05) is 24.3 Å². The van der Waals surface area contributed by atoms with Gasteiger partial charge in [-0.1, -0.05) is 24.3 Å². The van der Waals surface area contributed by atoms with Crippen molar-refractivity contribution < 1.29 is 14.2 Å². The third kappa shape index (κ3) is 5.64. The van der Waals surface area contributed by atoms with E-state index < -0.39 is 0 Å². The van der Waals surface area contributed by atoms with Crippen molar-refractivity contribution in [1.29, 1.82) is 0 Å². The second-order valence-corrected chi connectivity index (χ2v) is 8.48. The molecule has 0 atom stereocenters. The Morgan fingerprint density at radius 1 is 1.18 bits per heavy atom. The molecule has 1 aliphatic heterocycles. The number of aromatic amines is 1. The van der Waals surface area contributed by atoms with Crippen LogP contribution in [0.3, 0.4) is 0 Å². The molecule has 0 saturated carbocycles. The summed E-state index contributed by atoms with van der Waals surface area (Å²) in [5.74, 6) is 1.33. The zero-order valence-electron chi connectivity index (χ0n) is 19.0. The molecular formula is C25H29N3O4S. The molecule has 0 unspecified atom stereocenters. The van der Waals surface area contributed by atoms with Crippen molar-refractivity contribution >= 4 is 28.2 Å². The van der Waals surface area contributed by atoms with Gasteiger partial charge in [0.15, 0.2) is 16.6 Å². The summed E-state index contributed by atoms with van der Waals surface area (Å²) in [5.41, 5.74) is 3.75. The molecule has 1 aliphatic rings. The molecule has 0 fully saturated rings. The molecule has 33 heavy (non-hydrogen) atoms. The Hall–Kier alpha value is -3.10. The highest BCUT2D eigenvalue weighted by atomic mass is 32.1. The lowest BCUT2D eigenvalue weighted by atomic mass is 10.1. The van der Waals surface area contributed by atoms with Crippen molar-refractivity contribution in [3.8, 4) is 11.5 Å². The maximum absolute atomic E-state index is 12.9. The van der Waals surface area contributed by atoms with Gasteiger partial charge < -0.3 is 29.4 Å². The number of benzene rings is 2. The maximum atomic E-state index is 12.9. The Morgan fingerprint density at radius 2 is 1.97 bits per heavy atom. The molecule has 0 radical (unpaired) electrons. The van der Waals surface area contributed by atoms with Crippen LogP contribution in [0.2, 0.25) is 0 Å². The Kier molecular flexibility index (Phi) is 7.47. The molecule has 0 bridgehead atoms. The second kappa shape index (κ2) is 10.7. The topological polar surface area (TPSA) is 75.8 Å². The number of thiocarbonyl (C=S) groups is 1. The molecule has 0 saturated heterocycles. The summed E-state index contributed by atoms with van der Waals surface area (Å²) in [6, 6.07) is 13.9. The number of ether oxygens (including phenoxy) is 3. The van der Waals surface area contributed by atoms with E-state index >= 15 is 0 Å². The van der Waals surface area contributed by atoms with E-state index in [2.05, 4.69) is 34.3 Å². The fourth-order valence-corrected chi connectivity index (χ4v) is 4.14. The number of hydrogen-bond acceptors (Lipinski definition) is 5. The fourth-order valence-electron chi connectivity index (χ4n) is 3.89. The maximum Gasteiger partial charge on any atom is 0.253 e. The Morgan fingerprint density at radius 3 is 2.76 bits per heavy atom. The summed E-state index contributed by atoms with van der Waals surface area (Å²) in [7, 11) is 1.69. The predicted molar refractivity (Wildman–Crippen MR) is 133 cm³/mol. The van der Waals surface area contributed by atoms with Gasteiger partial charge in [0.05, 0.1) is 12.1 Å². The first-order chi connectivity index (χ1) is 16.0. The number of nitrogens with zero attached hydrogens (tertiary/aromatic N) is 1. The van der Waals surface area contributed by atoms with E-state index in [0.29, 0.717) is 48.4 Å². The zero-order valence-corrected chi connectivity index (χ0v) is 19.8. The van der Waals surface area contributed by atoms with Gasteiger partial charge in [-0.3, -0.25) is 4.79 Å². The van der Waals surface area contributed by atoms with Crippen LogP contribution in [0.15, 0.2) is 47.3 Å². The molecule has 2 N–H and O–H groups in total. The zero-order chi connectivity index (χ0) is 23.2. The molecular weight excluding hydrogens is 438 g/mol. The number of nitrogens with one attached hydrogen (secondary N) is 2. The molecule has 7 nitrogen and oxygen atoms in total. The third-order valence-electron chi connectivity index (χ3n) is 5.78. The van der Waals surface area contributed by atoms with Crippen LogP contribution < -0.4 is 20.3 Å². The normalized spacial score (nSPS) is 12.2. The molecule has 0 aliphatic carbocycles. The van der Waals surface area contributed by atoms with Crippen molar-refractivity contribution in [2.45, 2.75) is 26.3 Å². The van der Waals surface area contributed by atoms with Gasteiger partial charge in [0, 0.05) is 43.8 Å². The summed E-state index contributed by atoms with van der Waals surface area (Å²) in [6.07, 6.45) is 1.68. The monoisotopic (exact) mass is 467 g/mol. The highest BCUT2D eigenvalue weighted by molar-refractivity contribution is 7.80. The van der Waals surface area contributed by atoms with Crippen LogP contribution in [0.4, 0.5) is 0 Å². The van der Waals surface area contributed by atoms with Gasteiger partial charge in [-0.05, 0) is 55.2 Å². The molecule has 3 aromatic rings. The van der Waals surface area contributed by atoms with E-state index in [4.69, 9.17) is 26.4 Å². The summed E-state index contributed by atoms with van der Waals surface area (Å²) in [6.45, 7) is 4.78. The van der Waals surface area contributed by atoms with Crippen LogP contribution in [0.25, 0.3) is 10.9 Å². The summed E-state index contributed by atoms with van der Waals surface area (Å²) in [5, 5.41) is 4.83. The first-order valence-electron chi connectivity index (χ1n) is 11.1. The average Bonchev–Trinajstić information content (AvgIpc) is 3.26. The van der Waals surface area contributed by atoms with E-state index in [9.17, 15) is 4.79 Å². The summed E-state index contributed by atoms with van der Waals surface area (Å²) >= 11 is 5.70. The molecule has 4 rings (SSSR count). The smallest absolute Gasteiger partial charge is 0.253 e. The lowest BCUT2D eigenvalue weighted by Gasteiger charge is -2.26. The first-order valence-corrected chi connectivity index (χ1v) is 11.5. The summed E-state index contributed by atoms with van der Waals surface area (Å²) < 4.78 is 16.0. The second-order valence-electron chi connectivity index (χ2n) is 8.09. The largest absolute Gasteiger partial charge is 0.454 e. The standard InChI is InChI=1S/C25H29N3O4S/c1-17-6-3-4-7-18(17)8-10-28(25(33)26-9-5-11-30-2)15-20-12-19-13-22-23(32-16-31-22)14-21(19)27-24(20)29/h3-4,6-7,12-14H,5,8-11,15-16H2,1-2H3,(H,26,33)(H,27,29). The number of aromatic nitrogens is 1. The number of rotatable bonds is 9. The fraction of sp³-hybridized carbons (Fsp3) is 0.360. The number of fused-ring (bicyclic) bond motifs is 2. The lowest BCUT2D eigenvalue weighted by Crippen LogP contribution is -2.42. The van der Waals surface area contributed by atoms with E-state index in [1.165, 1.54) is 11.1 Å². The first kappa shape index (κ1) is 23.1. The van der Waals surface area contributed by atoms with Crippen LogP contribution in [-0.4, -0.2) is 48.6 Å². The van der Waals surface area contributed by atoms with Crippen molar-refractivity contribution in [2.75, 3.05) is 33.6 Å². The highest BCUT2D eigenvalue weighted by Crippen LogP contribution is 2.35. The minimum absolute atomic E-state index is 0.135. The molecule has 8 heteroatoms. The quantitative estimate of drug-likeness (QED) is 0.368. The number of hydrogen-bond donors (Lipinski definition) is 2. The van der Waals surface area contributed by atoms with Crippen molar-refractivity contribution in [1.82, 2.24) is 15.2 Å². The average molecular weight is 468 g/mol. The van der Waals surface area contributed by atoms with Crippen LogP contribution in [0, 0.1) is 6.92 Å². The van der Waals surface area contributed by atoms with E-state index in [1.54, 1.807) is 13.2 Å². The Labute approximate surface area is 198 Å². The number of aryl methyl sites for hydroxylation is 1.